The van der Waals surface area contributed by atoms with Gasteiger partial charge in [-0.15, -0.1) is 0 Å². The van der Waals surface area contributed by atoms with Gasteiger partial charge in [-0.1, -0.05) is 18.2 Å². The Labute approximate surface area is 144 Å². The van der Waals surface area contributed by atoms with E-state index in [1.165, 1.54) is 24.3 Å². The number of carbonyl (C=O) groups excluding carboxylic acids is 2. The number of carbonyl (C=O) groups is 2. The van der Waals surface area contributed by atoms with E-state index in [4.69, 9.17) is 4.74 Å². The first-order chi connectivity index (χ1) is 11.9. The van der Waals surface area contributed by atoms with Crippen LogP contribution in [0.4, 0.5) is 0 Å². The molecule has 0 saturated carbocycles. The van der Waals surface area contributed by atoms with E-state index in [0.717, 1.165) is 11.6 Å². The zero-order valence-electron chi connectivity index (χ0n) is 13.4. The number of ketones is 1. The number of phenolic OH excluding ortho intramolecular Hbond substituents is 3. The highest BCUT2D eigenvalue weighted by atomic mass is 16.5. The molecular formula is C19H18O6. The topological polar surface area (TPSA) is 104 Å². The van der Waals surface area contributed by atoms with Crippen LogP contribution in [0.3, 0.4) is 0 Å². The minimum absolute atomic E-state index is 0.141. The van der Waals surface area contributed by atoms with Crippen molar-refractivity contribution in [3.05, 3.63) is 59.7 Å². The Kier molecular flexibility index (Phi) is 6.17. The van der Waals surface area contributed by atoms with Gasteiger partial charge in [-0.25, -0.2) is 4.79 Å². The van der Waals surface area contributed by atoms with Crippen molar-refractivity contribution in [3.63, 3.8) is 0 Å². The maximum atomic E-state index is 11.7. The van der Waals surface area contributed by atoms with E-state index < -0.39 is 5.97 Å². The molecule has 130 valence electrons. The van der Waals surface area contributed by atoms with E-state index >= 15 is 0 Å². The van der Waals surface area contributed by atoms with Gasteiger partial charge in [0.1, 0.15) is 12.4 Å². The van der Waals surface area contributed by atoms with Crippen LogP contribution < -0.4 is 0 Å². The fourth-order valence-corrected chi connectivity index (χ4v) is 2.08. The van der Waals surface area contributed by atoms with Crippen LogP contribution in [0.1, 0.15) is 17.5 Å². The summed E-state index contributed by atoms with van der Waals surface area (Å²) in [6.07, 6.45) is 3.19. The minimum atomic E-state index is -0.682. The van der Waals surface area contributed by atoms with Crippen molar-refractivity contribution >= 4 is 17.8 Å². The largest absolute Gasteiger partial charge is 0.508 e. The van der Waals surface area contributed by atoms with E-state index in [-0.39, 0.29) is 36.1 Å². The van der Waals surface area contributed by atoms with Gasteiger partial charge in [0.15, 0.2) is 17.3 Å². The Hall–Kier alpha value is -3.28. The molecule has 0 fully saturated rings. The Bertz CT molecular complexity index is 794. The maximum absolute atomic E-state index is 11.7. The van der Waals surface area contributed by atoms with E-state index in [2.05, 4.69) is 0 Å². The molecule has 3 N–H and O–H groups in total. The van der Waals surface area contributed by atoms with Crippen LogP contribution in [-0.4, -0.2) is 33.7 Å². The molecule has 2 aromatic rings. The summed E-state index contributed by atoms with van der Waals surface area (Å²) in [5.74, 6) is -1.32. The molecule has 2 rings (SSSR count). The summed E-state index contributed by atoms with van der Waals surface area (Å²) in [6, 6.07) is 10.7. The Balaban J connectivity index is 1.76. The zero-order chi connectivity index (χ0) is 18.2. The lowest BCUT2D eigenvalue weighted by Crippen LogP contribution is -2.12. The quantitative estimate of drug-likeness (QED) is 0.406. The van der Waals surface area contributed by atoms with Crippen LogP contribution in [0, 0.1) is 0 Å². The molecule has 0 unspecified atom stereocenters. The Morgan fingerprint density at radius 3 is 2.52 bits per heavy atom. The molecule has 2 aromatic carbocycles. The number of esters is 1. The van der Waals surface area contributed by atoms with Crippen LogP contribution in [0.25, 0.3) is 6.08 Å². The first kappa shape index (κ1) is 18.1. The molecule has 0 radical (unpaired) electrons. The van der Waals surface area contributed by atoms with Gasteiger partial charge in [0.25, 0.3) is 0 Å². The molecule has 0 saturated heterocycles. The summed E-state index contributed by atoms with van der Waals surface area (Å²) < 4.78 is 4.86. The normalized spacial score (nSPS) is 10.7. The van der Waals surface area contributed by atoms with Crippen LogP contribution in [0.15, 0.2) is 48.5 Å². The molecule has 6 nitrogen and oxygen atoms in total. The molecule has 0 spiro atoms. The second kappa shape index (κ2) is 8.54. The van der Waals surface area contributed by atoms with Gasteiger partial charge in [0, 0.05) is 12.5 Å². The number of benzene rings is 2. The summed E-state index contributed by atoms with van der Waals surface area (Å²) >= 11 is 0. The summed E-state index contributed by atoms with van der Waals surface area (Å²) in [6.45, 7) is -0.331. The third kappa shape index (κ3) is 6.02. The van der Waals surface area contributed by atoms with Crippen molar-refractivity contribution in [2.45, 2.75) is 12.8 Å². The van der Waals surface area contributed by atoms with Crippen LogP contribution in [-0.2, 0) is 20.7 Å². The molecule has 0 amide bonds. The van der Waals surface area contributed by atoms with Gasteiger partial charge >= 0.3 is 5.97 Å². The molecular weight excluding hydrogens is 324 g/mol. The lowest BCUT2D eigenvalue weighted by atomic mass is 10.1. The number of aryl methyl sites for hydroxylation is 1. The number of Topliss-reactive ketones (excluding diaryl/α,β-unsaturated/α-hetero) is 1. The number of ether oxygens (including phenoxy) is 1. The SMILES string of the molecule is O=C(CCc1cccc(O)c1)COC(=O)C=Cc1ccc(O)c(O)c1. The molecule has 0 atom stereocenters. The van der Waals surface area contributed by atoms with Crippen molar-refractivity contribution in [3.8, 4) is 17.2 Å². The standard InChI is InChI=1S/C19H18O6/c20-15-3-1-2-13(10-15)4-7-16(21)12-25-19(24)9-6-14-5-8-17(22)18(23)11-14/h1-3,5-6,8-11,20,22-23H,4,7,12H2. The molecule has 0 aliphatic carbocycles. The van der Waals surface area contributed by atoms with Gasteiger partial charge in [-0.3, -0.25) is 4.79 Å². The van der Waals surface area contributed by atoms with Crippen LogP contribution >= 0.6 is 0 Å². The first-order valence-electron chi connectivity index (χ1n) is 7.60. The van der Waals surface area contributed by atoms with Crippen molar-refractivity contribution in [1.29, 1.82) is 0 Å². The lowest BCUT2D eigenvalue weighted by Gasteiger charge is -2.03. The van der Waals surface area contributed by atoms with E-state index in [1.54, 1.807) is 24.3 Å². The number of aromatic hydroxyl groups is 3. The second-order valence-corrected chi connectivity index (χ2v) is 5.40. The number of phenols is 3. The fraction of sp³-hybridized carbons (Fsp3) is 0.158. The highest BCUT2D eigenvalue weighted by Crippen LogP contribution is 2.25. The maximum Gasteiger partial charge on any atom is 0.331 e. The third-order valence-corrected chi connectivity index (χ3v) is 3.39. The Morgan fingerprint density at radius 2 is 1.80 bits per heavy atom. The van der Waals surface area contributed by atoms with Crippen molar-refractivity contribution in [2.24, 2.45) is 0 Å². The van der Waals surface area contributed by atoms with E-state index in [1.807, 2.05) is 0 Å². The van der Waals surface area contributed by atoms with Gasteiger partial charge in [-0.05, 0) is 47.9 Å². The van der Waals surface area contributed by atoms with Gasteiger partial charge < -0.3 is 20.1 Å². The highest BCUT2D eigenvalue weighted by molar-refractivity contribution is 5.89. The summed E-state index contributed by atoms with van der Waals surface area (Å²) in [5.41, 5.74) is 1.33. The number of hydrogen-bond donors (Lipinski definition) is 3. The summed E-state index contributed by atoms with van der Waals surface area (Å²) in [4.78, 5) is 23.3. The highest BCUT2D eigenvalue weighted by Gasteiger charge is 2.07. The Morgan fingerprint density at radius 1 is 1.00 bits per heavy atom. The minimum Gasteiger partial charge on any atom is -0.508 e. The smallest absolute Gasteiger partial charge is 0.331 e. The van der Waals surface area contributed by atoms with Gasteiger partial charge in [0.2, 0.25) is 0 Å². The van der Waals surface area contributed by atoms with E-state index in [0.29, 0.717) is 12.0 Å². The predicted molar refractivity (Wildman–Crippen MR) is 91.2 cm³/mol. The molecule has 0 aromatic heterocycles. The summed E-state index contributed by atoms with van der Waals surface area (Å²) in [7, 11) is 0. The average molecular weight is 342 g/mol. The van der Waals surface area contributed by atoms with Crippen molar-refractivity contribution in [2.75, 3.05) is 6.61 Å². The summed E-state index contributed by atoms with van der Waals surface area (Å²) in [5, 5.41) is 27.9. The average Bonchev–Trinajstić information content (AvgIpc) is 2.59. The molecule has 6 heteroatoms. The third-order valence-electron chi connectivity index (χ3n) is 3.39. The molecule has 0 aliphatic rings. The first-order valence-corrected chi connectivity index (χ1v) is 7.60. The molecule has 0 bridgehead atoms. The molecule has 0 aliphatic heterocycles. The monoisotopic (exact) mass is 342 g/mol. The van der Waals surface area contributed by atoms with Gasteiger partial charge in [0.05, 0.1) is 0 Å². The fourth-order valence-electron chi connectivity index (χ4n) is 2.08. The molecule has 25 heavy (non-hydrogen) atoms. The van der Waals surface area contributed by atoms with Gasteiger partial charge in [-0.2, -0.15) is 0 Å². The van der Waals surface area contributed by atoms with E-state index in [9.17, 15) is 24.9 Å². The molecule has 0 heterocycles. The zero-order valence-corrected chi connectivity index (χ0v) is 13.4. The lowest BCUT2D eigenvalue weighted by molar-refractivity contribution is -0.143. The number of rotatable bonds is 7. The van der Waals surface area contributed by atoms with Crippen LogP contribution in [0.2, 0.25) is 0 Å². The predicted octanol–water partition coefficient (Wildman–Crippen LogP) is 2.56. The van der Waals surface area contributed by atoms with Crippen molar-refractivity contribution < 1.29 is 29.6 Å². The number of hydrogen-bond acceptors (Lipinski definition) is 6. The van der Waals surface area contributed by atoms with Crippen LogP contribution in [0.5, 0.6) is 17.2 Å². The van der Waals surface area contributed by atoms with Crippen molar-refractivity contribution in [1.82, 2.24) is 0 Å². The second-order valence-electron chi connectivity index (χ2n) is 5.40.